The molecule has 0 aromatic heterocycles. The SMILES string of the molecule is CNC(=O)C1(C)CCCCN1. The molecule has 3 nitrogen and oxygen atoms in total. The number of carbonyl (C=O) groups excluding carboxylic acids is 1. The van der Waals surface area contributed by atoms with E-state index < -0.39 is 0 Å². The number of likely N-dealkylation sites (N-methyl/N-ethyl adjacent to an activating group) is 1. The Bertz CT molecular complexity index is 150. The van der Waals surface area contributed by atoms with Crippen LogP contribution in [0.25, 0.3) is 0 Å². The van der Waals surface area contributed by atoms with Gasteiger partial charge in [0.05, 0.1) is 5.54 Å². The fourth-order valence-electron chi connectivity index (χ4n) is 1.53. The topological polar surface area (TPSA) is 41.1 Å². The number of hydrogen-bond acceptors (Lipinski definition) is 2. The Morgan fingerprint density at radius 3 is 2.73 bits per heavy atom. The number of rotatable bonds is 1. The van der Waals surface area contributed by atoms with Crippen LogP contribution in [-0.2, 0) is 4.79 Å². The van der Waals surface area contributed by atoms with Crippen LogP contribution in [0.2, 0.25) is 0 Å². The van der Waals surface area contributed by atoms with E-state index in [-0.39, 0.29) is 11.4 Å². The number of carbonyl (C=O) groups is 1. The standard InChI is InChI=1S/C8H16N2O/c1-8(7(11)9-2)5-3-4-6-10-8/h10H,3-6H2,1-2H3,(H,9,11). The Hall–Kier alpha value is -0.570. The molecule has 1 unspecified atom stereocenters. The fraction of sp³-hybridized carbons (Fsp3) is 0.875. The van der Waals surface area contributed by atoms with Crippen molar-refractivity contribution in [3.05, 3.63) is 0 Å². The lowest BCUT2D eigenvalue weighted by Crippen LogP contribution is -2.56. The normalized spacial score (nSPS) is 31.5. The van der Waals surface area contributed by atoms with Crippen molar-refractivity contribution in [3.63, 3.8) is 0 Å². The summed E-state index contributed by atoms with van der Waals surface area (Å²) < 4.78 is 0. The number of hydrogen-bond donors (Lipinski definition) is 2. The van der Waals surface area contributed by atoms with Crippen LogP contribution in [0.3, 0.4) is 0 Å². The van der Waals surface area contributed by atoms with Crippen molar-refractivity contribution in [2.75, 3.05) is 13.6 Å². The molecule has 64 valence electrons. The van der Waals surface area contributed by atoms with E-state index >= 15 is 0 Å². The van der Waals surface area contributed by atoms with Crippen molar-refractivity contribution in [2.45, 2.75) is 31.7 Å². The van der Waals surface area contributed by atoms with Gasteiger partial charge >= 0.3 is 0 Å². The molecule has 1 saturated heterocycles. The molecule has 0 aliphatic carbocycles. The molecule has 1 rings (SSSR count). The number of nitrogens with one attached hydrogen (secondary N) is 2. The average molecular weight is 156 g/mol. The highest BCUT2D eigenvalue weighted by molar-refractivity contribution is 5.85. The van der Waals surface area contributed by atoms with Gasteiger partial charge in [-0.05, 0) is 32.7 Å². The Morgan fingerprint density at radius 2 is 2.27 bits per heavy atom. The Kier molecular flexibility index (Phi) is 2.49. The van der Waals surface area contributed by atoms with Gasteiger partial charge in [0.2, 0.25) is 5.91 Å². The van der Waals surface area contributed by atoms with Crippen molar-refractivity contribution in [1.29, 1.82) is 0 Å². The molecule has 1 fully saturated rings. The minimum Gasteiger partial charge on any atom is -0.358 e. The molecule has 1 aliphatic rings. The van der Waals surface area contributed by atoms with Crippen LogP contribution < -0.4 is 10.6 Å². The lowest BCUT2D eigenvalue weighted by atomic mass is 9.90. The molecule has 0 radical (unpaired) electrons. The van der Waals surface area contributed by atoms with Gasteiger partial charge in [-0.1, -0.05) is 0 Å². The summed E-state index contributed by atoms with van der Waals surface area (Å²) in [5.41, 5.74) is -0.312. The van der Waals surface area contributed by atoms with Crippen molar-refractivity contribution in [1.82, 2.24) is 10.6 Å². The Morgan fingerprint density at radius 1 is 1.55 bits per heavy atom. The molecule has 11 heavy (non-hydrogen) atoms. The zero-order valence-corrected chi connectivity index (χ0v) is 7.24. The minimum atomic E-state index is -0.312. The molecule has 1 aliphatic heterocycles. The maximum Gasteiger partial charge on any atom is 0.239 e. The highest BCUT2D eigenvalue weighted by Gasteiger charge is 2.32. The van der Waals surface area contributed by atoms with E-state index in [4.69, 9.17) is 0 Å². The van der Waals surface area contributed by atoms with Gasteiger partial charge < -0.3 is 10.6 Å². The highest BCUT2D eigenvalue weighted by atomic mass is 16.2. The molecule has 1 heterocycles. The van der Waals surface area contributed by atoms with Crippen molar-refractivity contribution < 1.29 is 4.79 Å². The quantitative estimate of drug-likeness (QED) is 0.572. The molecular weight excluding hydrogens is 140 g/mol. The molecule has 2 N–H and O–H groups in total. The summed E-state index contributed by atoms with van der Waals surface area (Å²) in [4.78, 5) is 11.3. The first-order chi connectivity index (χ1) is 5.19. The largest absolute Gasteiger partial charge is 0.358 e. The number of piperidine rings is 1. The predicted octanol–water partition coefficient (Wildman–Crippen LogP) is 0.265. The van der Waals surface area contributed by atoms with E-state index in [0.29, 0.717) is 0 Å². The maximum atomic E-state index is 11.3. The zero-order valence-electron chi connectivity index (χ0n) is 7.24. The molecule has 1 amide bonds. The van der Waals surface area contributed by atoms with Gasteiger partial charge in [-0.3, -0.25) is 4.79 Å². The Balaban J connectivity index is 2.56. The summed E-state index contributed by atoms with van der Waals surface area (Å²) in [5, 5.41) is 5.91. The summed E-state index contributed by atoms with van der Waals surface area (Å²) in [6.45, 7) is 2.93. The molecule has 0 bridgehead atoms. The Labute approximate surface area is 67.5 Å². The third kappa shape index (κ3) is 1.71. The summed E-state index contributed by atoms with van der Waals surface area (Å²) in [5.74, 6) is 0.109. The van der Waals surface area contributed by atoms with E-state index in [1.807, 2.05) is 6.92 Å². The van der Waals surface area contributed by atoms with E-state index in [2.05, 4.69) is 10.6 Å². The van der Waals surface area contributed by atoms with Gasteiger partial charge in [0.15, 0.2) is 0 Å². The van der Waals surface area contributed by atoms with Crippen LogP contribution in [-0.4, -0.2) is 25.0 Å². The van der Waals surface area contributed by atoms with Crippen molar-refractivity contribution >= 4 is 5.91 Å². The first kappa shape index (κ1) is 8.53. The van der Waals surface area contributed by atoms with Crippen molar-refractivity contribution in [2.24, 2.45) is 0 Å². The molecule has 1 atom stereocenters. The van der Waals surface area contributed by atoms with Crippen LogP contribution >= 0.6 is 0 Å². The van der Waals surface area contributed by atoms with Crippen LogP contribution in [0.1, 0.15) is 26.2 Å². The monoisotopic (exact) mass is 156 g/mol. The molecule has 0 saturated carbocycles. The van der Waals surface area contributed by atoms with Crippen LogP contribution in [0.5, 0.6) is 0 Å². The van der Waals surface area contributed by atoms with Gasteiger partial charge in [0, 0.05) is 7.05 Å². The van der Waals surface area contributed by atoms with E-state index in [9.17, 15) is 4.79 Å². The van der Waals surface area contributed by atoms with E-state index in [0.717, 1.165) is 19.4 Å². The summed E-state index contributed by atoms with van der Waals surface area (Å²) >= 11 is 0. The van der Waals surface area contributed by atoms with Gasteiger partial charge in [-0.2, -0.15) is 0 Å². The van der Waals surface area contributed by atoms with Gasteiger partial charge in [-0.25, -0.2) is 0 Å². The second-order valence-electron chi connectivity index (χ2n) is 3.30. The summed E-state index contributed by atoms with van der Waals surface area (Å²) in [7, 11) is 1.68. The lowest BCUT2D eigenvalue weighted by molar-refractivity contribution is -0.127. The predicted molar refractivity (Wildman–Crippen MR) is 44.3 cm³/mol. The van der Waals surface area contributed by atoms with E-state index in [1.165, 1.54) is 6.42 Å². The average Bonchev–Trinajstić information content (AvgIpc) is 2.04. The third-order valence-corrected chi connectivity index (χ3v) is 2.35. The van der Waals surface area contributed by atoms with Crippen molar-refractivity contribution in [3.8, 4) is 0 Å². The fourth-order valence-corrected chi connectivity index (χ4v) is 1.53. The van der Waals surface area contributed by atoms with E-state index in [1.54, 1.807) is 7.05 Å². The maximum absolute atomic E-state index is 11.3. The third-order valence-electron chi connectivity index (χ3n) is 2.35. The first-order valence-electron chi connectivity index (χ1n) is 4.16. The second-order valence-corrected chi connectivity index (χ2v) is 3.30. The van der Waals surface area contributed by atoms with Gasteiger partial charge in [-0.15, -0.1) is 0 Å². The number of amides is 1. The minimum absolute atomic E-state index is 0.109. The highest BCUT2D eigenvalue weighted by Crippen LogP contribution is 2.18. The molecule has 0 aromatic carbocycles. The molecular formula is C8H16N2O. The zero-order chi connectivity index (χ0) is 8.32. The molecule has 3 heteroatoms. The molecule has 0 spiro atoms. The first-order valence-corrected chi connectivity index (χ1v) is 4.16. The van der Waals surface area contributed by atoms with Crippen LogP contribution in [0.4, 0.5) is 0 Å². The smallest absolute Gasteiger partial charge is 0.239 e. The van der Waals surface area contributed by atoms with Gasteiger partial charge in [0.25, 0.3) is 0 Å². The summed E-state index contributed by atoms with van der Waals surface area (Å²) in [6.07, 6.45) is 3.29. The lowest BCUT2D eigenvalue weighted by Gasteiger charge is -2.32. The summed E-state index contributed by atoms with van der Waals surface area (Å²) in [6, 6.07) is 0. The van der Waals surface area contributed by atoms with Gasteiger partial charge in [0.1, 0.15) is 0 Å². The van der Waals surface area contributed by atoms with Crippen LogP contribution in [0.15, 0.2) is 0 Å². The van der Waals surface area contributed by atoms with Crippen LogP contribution in [0, 0.1) is 0 Å². The second kappa shape index (κ2) is 3.22. The molecule has 0 aromatic rings.